The molecule has 1 aliphatic rings. The Kier molecular flexibility index (Phi) is 3.44. The molecule has 0 amide bonds. The zero-order chi connectivity index (χ0) is 10.6. The fourth-order valence-corrected chi connectivity index (χ4v) is 1.52. The van der Waals surface area contributed by atoms with Gasteiger partial charge < -0.3 is 14.6 Å². The Bertz CT molecular complexity index is 252. The molecule has 0 saturated carbocycles. The van der Waals surface area contributed by atoms with E-state index in [1.54, 1.807) is 0 Å². The summed E-state index contributed by atoms with van der Waals surface area (Å²) in [6.07, 6.45) is -0.292. The molecule has 1 heterocycles. The van der Waals surface area contributed by atoms with E-state index in [0.29, 0.717) is 19.4 Å². The molecule has 0 radical (unpaired) electrons. The Hall–Kier alpha value is -1.12. The maximum Gasteiger partial charge on any atom is 0.336 e. The number of carbonyl (C=O) groups excluding carboxylic acids is 1. The zero-order valence-corrected chi connectivity index (χ0v) is 8.02. The maximum absolute atomic E-state index is 11.1. The summed E-state index contributed by atoms with van der Waals surface area (Å²) in [7, 11) is 1.18. The van der Waals surface area contributed by atoms with Gasteiger partial charge in [0.25, 0.3) is 0 Å². The predicted octanol–water partition coefficient (Wildman–Crippen LogP) is -0.159. The number of aliphatic hydroxyl groups excluding tert-OH is 1. The molecule has 1 saturated heterocycles. The van der Waals surface area contributed by atoms with Gasteiger partial charge in [-0.3, -0.25) is 0 Å². The van der Waals surface area contributed by atoms with E-state index in [4.69, 9.17) is 10.00 Å². The number of nitriles is 1. The molecule has 1 fully saturated rings. The van der Waals surface area contributed by atoms with Gasteiger partial charge in [-0.25, -0.2) is 4.79 Å². The summed E-state index contributed by atoms with van der Waals surface area (Å²) < 4.78 is 9.50. The number of nitrogens with zero attached hydrogens (tertiary/aromatic N) is 1. The second kappa shape index (κ2) is 4.40. The Morgan fingerprint density at radius 3 is 2.93 bits per heavy atom. The summed E-state index contributed by atoms with van der Waals surface area (Å²) in [5.41, 5.74) is -1.13. The third-order valence-electron chi connectivity index (χ3n) is 2.44. The molecule has 0 bridgehead atoms. The average molecular weight is 199 g/mol. The first kappa shape index (κ1) is 11.0. The fourth-order valence-electron chi connectivity index (χ4n) is 1.52. The minimum absolute atomic E-state index is 0.0831. The molecular weight excluding hydrogens is 186 g/mol. The lowest BCUT2D eigenvalue weighted by molar-refractivity contribution is -0.161. The van der Waals surface area contributed by atoms with Crippen molar-refractivity contribution in [3.63, 3.8) is 0 Å². The molecule has 5 nitrogen and oxygen atoms in total. The number of carbonyl (C=O) groups is 1. The van der Waals surface area contributed by atoms with Crippen molar-refractivity contribution in [2.24, 2.45) is 5.41 Å². The number of rotatable bonds is 2. The predicted molar refractivity (Wildman–Crippen MR) is 46.1 cm³/mol. The third-order valence-corrected chi connectivity index (χ3v) is 2.44. The van der Waals surface area contributed by atoms with E-state index in [-0.39, 0.29) is 6.61 Å². The SMILES string of the molecule is COC(=O)C(O)C1(C#N)CCCOC1. The summed E-state index contributed by atoms with van der Waals surface area (Å²) in [5.74, 6) is -0.781. The van der Waals surface area contributed by atoms with E-state index in [1.807, 2.05) is 6.07 Å². The number of ether oxygens (including phenoxy) is 2. The molecule has 78 valence electrons. The van der Waals surface area contributed by atoms with Crippen LogP contribution in [-0.4, -0.2) is 37.5 Å². The van der Waals surface area contributed by atoms with Crippen LogP contribution in [0.25, 0.3) is 0 Å². The molecule has 0 aromatic heterocycles. The second-order valence-corrected chi connectivity index (χ2v) is 3.35. The monoisotopic (exact) mass is 199 g/mol. The van der Waals surface area contributed by atoms with Gasteiger partial charge in [-0.1, -0.05) is 0 Å². The third kappa shape index (κ3) is 1.86. The molecule has 5 heteroatoms. The van der Waals surface area contributed by atoms with Crippen LogP contribution in [0.3, 0.4) is 0 Å². The van der Waals surface area contributed by atoms with Crippen molar-refractivity contribution in [2.75, 3.05) is 20.3 Å². The first-order valence-electron chi connectivity index (χ1n) is 4.41. The maximum atomic E-state index is 11.1. The van der Waals surface area contributed by atoms with Gasteiger partial charge in [0.15, 0.2) is 6.10 Å². The lowest BCUT2D eigenvalue weighted by Gasteiger charge is -2.32. The Balaban J connectivity index is 2.78. The van der Waals surface area contributed by atoms with Gasteiger partial charge >= 0.3 is 5.97 Å². The summed E-state index contributed by atoms with van der Waals surface area (Å²) in [5, 5.41) is 18.6. The van der Waals surface area contributed by atoms with Crippen LogP contribution in [0.1, 0.15) is 12.8 Å². The highest BCUT2D eigenvalue weighted by Gasteiger charge is 2.45. The standard InChI is InChI=1S/C9H13NO4/c1-13-8(12)7(11)9(5-10)3-2-4-14-6-9/h7,11H,2-4,6H2,1H3. The van der Waals surface area contributed by atoms with Crippen LogP contribution in [0.4, 0.5) is 0 Å². The molecular formula is C9H13NO4. The molecule has 0 aromatic rings. The normalized spacial score (nSPS) is 28.9. The quantitative estimate of drug-likeness (QED) is 0.625. The van der Waals surface area contributed by atoms with E-state index in [1.165, 1.54) is 7.11 Å². The molecule has 0 aliphatic carbocycles. The van der Waals surface area contributed by atoms with Crippen molar-refractivity contribution in [3.8, 4) is 6.07 Å². The Labute approximate surface area is 82.2 Å². The first-order valence-corrected chi connectivity index (χ1v) is 4.41. The average Bonchev–Trinajstić information content (AvgIpc) is 2.28. The van der Waals surface area contributed by atoms with Gasteiger partial charge in [0.05, 0.1) is 19.8 Å². The summed E-state index contributed by atoms with van der Waals surface area (Å²) in [6, 6.07) is 1.96. The fraction of sp³-hybridized carbons (Fsp3) is 0.778. The minimum atomic E-state index is -1.42. The Morgan fingerprint density at radius 2 is 2.50 bits per heavy atom. The van der Waals surface area contributed by atoms with Crippen molar-refractivity contribution < 1.29 is 19.4 Å². The van der Waals surface area contributed by atoms with E-state index in [9.17, 15) is 9.90 Å². The number of esters is 1. The minimum Gasteiger partial charge on any atom is -0.467 e. The van der Waals surface area contributed by atoms with Crippen molar-refractivity contribution >= 4 is 5.97 Å². The first-order chi connectivity index (χ1) is 6.66. The van der Waals surface area contributed by atoms with E-state index < -0.39 is 17.5 Å². The van der Waals surface area contributed by atoms with Crippen LogP contribution < -0.4 is 0 Å². The van der Waals surface area contributed by atoms with Crippen LogP contribution in [-0.2, 0) is 14.3 Å². The number of aliphatic hydroxyl groups is 1. The number of hydrogen-bond acceptors (Lipinski definition) is 5. The van der Waals surface area contributed by atoms with Crippen LogP contribution in [0.5, 0.6) is 0 Å². The summed E-state index contributed by atoms with van der Waals surface area (Å²) in [6.45, 7) is 0.650. The lowest BCUT2D eigenvalue weighted by atomic mass is 9.79. The zero-order valence-electron chi connectivity index (χ0n) is 8.02. The van der Waals surface area contributed by atoms with Crippen molar-refractivity contribution in [2.45, 2.75) is 18.9 Å². The van der Waals surface area contributed by atoms with E-state index in [0.717, 1.165) is 0 Å². The van der Waals surface area contributed by atoms with Crippen LogP contribution in [0.2, 0.25) is 0 Å². The van der Waals surface area contributed by atoms with Crippen LogP contribution in [0.15, 0.2) is 0 Å². The number of methoxy groups -OCH3 is 1. The molecule has 1 aliphatic heterocycles. The summed E-state index contributed by atoms with van der Waals surface area (Å²) in [4.78, 5) is 11.1. The topological polar surface area (TPSA) is 79.5 Å². The van der Waals surface area contributed by atoms with Crippen molar-refractivity contribution in [3.05, 3.63) is 0 Å². The van der Waals surface area contributed by atoms with E-state index >= 15 is 0 Å². The largest absolute Gasteiger partial charge is 0.467 e. The van der Waals surface area contributed by atoms with Crippen LogP contribution >= 0.6 is 0 Å². The molecule has 0 aromatic carbocycles. The highest BCUT2D eigenvalue weighted by Crippen LogP contribution is 2.32. The van der Waals surface area contributed by atoms with Gasteiger partial charge in [-0.15, -0.1) is 0 Å². The molecule has 14 heavy (non-hydrogen) atoms. The molecule has 2 atom stereocenters. The van der Waals surface area contributed by atoms with Crippen molar-refractivity contribution in [1.29, 1.82) is 5.26 Å². The lowest BCUT2D eigenvalue weighted by Crippen LogP contribution is -2.46. The number of hydrogen-bond donors (Lipinski definition) is 1. The Morgan fingerprint density at radius 1 is 1.79 bits per heavy atom. The van der Waals surface area contributed by atoms with Crippen molar-refractivity contribution in [1.82, 2.24) is 0 Å². The smallest absolute Gasteiger partial charge is 0.336 e. The summed E-state index contributed by atoms with van der Waals surface area (Å²) >= 11 is 0. The van der Waals surface area contributed by atoms with Gasteiger partial charge in [-0.05, 0) is 12.8 Å². The molecule has 1 N–H and O–H groups in total. The van der Waals surface area contributed by atoms with Gasteiger partial charge in [-0.2, -0.15) is 5.26 Å². The molecule has 1 rings (SSSR count). The van der Waals surface area contributed by atoms with E-state index in [2.05, 4.69) is 4.74 Å². The highest BCUT2D eigenvalue weighted by atomic mass is 16.5. The highest BCUT2D eigenvalue weighted by molar-refractivity contribution is 5.76. The van der Waals surface area contributed by atoms with Gasteiger partial charge in [0, 0.05) is 6.61 Å². The molecule has 0 spiro atoms. The second-order valence-electron chi connectivity index (χ2n) is 3.35. The molecule has 2 unspecified atom stereocenters. The van der Waals surface area contributed by atoms with Gasteiger partial charge in [0.1, 0.15) is 5.41 Å². The van der Waals surface area contributed by atoms with Crippen LogP contribution in [0, 0.1) is 16.7 Å². The van der Waals surface area contributed by atoms with Gasteiger partial charge in [0.2, 0.25) is 0 Å².